The predicted octanol–water partition coefficient (Wildman–Crippen LogP) is 3.06. The molecule has 0 aliphatic carbocycles. The monoisotopic (exact) mass is 225 g/mol. The maximum absolute atomic E-state index is 10.6. The third kappa shape index (κ3) is 4.34. The molecule has 1 aromatic rings. The molecule has 15 heavy (non-hydrogen) atoms. The van der Waals surface area contributed by atoms with Gasteiger partial charge >= 0.3 is 0 Å². The molecule has 0 aliphatic heterocycles. The van der Waals surface area contributed by atoms with Crippen LogP contribution in [0.3, 0.4) is 0 Å². The van der Waals surface area contributed by atoms with E-state index in [0.717, 1.165) is 19.5 Å². The maximum Gasteiger partial charge on any atom is 0.221 e. The van der Waals surface area contributed by atoms with Gasteiger partial charge < -0.3 is 4.90 Å². The lowest BCUT2D eigenvalue weighted by Gasteiger charge is -2.22. The number of para-hydroxylation sites is 1. The van der Waals surface area contributed by atoms with Gasteiger partial charge in [0.05, 0.1) is 0 Å². The lowest BCUT2D eigenvalue weighted by Crippen LogP contribution is -2.24. The summed E-state index contributed by atoms with van der Waals surface area (Å²) in [5.41, 5.74) is 1.20. The highest BCUT2D eigenvalue weighted by atomic mass is 35.5. The second kappa shape index (κ2) is 6.46. The van der Waals surface area contributed by atoms with Gasteiger partial charge in [-0.25, -0.2) is 0 Å². The molecule has 0 N–H and O–H groups in total. The second-order valence-electron chi connectivity index (χ2n) is 3.37. The molecule has 0 unspecified atom stereocenters. The molecular formula is C12H16ClNO. The minimum absolute atomic E-state index is 0.251. The lowest BCUT2D eigenvalue weighted by atomic mass is 10.2. The molecule has 82 valence electrons. The largest absolute Gasteiger partial charge is 0.372 e. The Bertz CT molecular complexity index is 300. The number of hydrogen-bond acceptors (Lipinski definition) is 2. The van der Waals surface area contributed by atoms with Crippen LogP contribution in [0, 0.1) is 0 Å². The first-order valence-corrected chi connectivity index (χ1v) is 5.60. The fourth-order valence-corrected chi connectivity index (χ4v) is 1.65. The van der Waals surface area contributed by atoms with Gasteiger partial charge in [-0.2, -0.15) is 0 Å². The zero-order valence-corrected chi connectivity index (χ0v) is 9.70. The third-order valence-electron chi connectivity index (χ3n) is 2.30. The summed E-state index contributed by atoms with van der Waals surface area (Å²) in [6.45, 7) is 3.93. The first kappa shape index (κ1) is 12.1. The minimum atomic E-state index is -0.251. The van der Waals surface area contributed by atoms with Crippen molar-refractivity contribution in [3.63, 3.8) is 0 Å². The van der Waals surface area contributed by atoms with Crippen LogP contribution in [-0.4, -0.2) is 18.3 Å². The Labute approximate surface area is 95.8 Å². The van der Waals surface area contributed by atoms with E-state index < -0.39 is 0 Å². The van der Waals surface area contributed by atoms with E-state index in [1.54, 1.807) is 0 Å². The Kier molecular flexibility index (Phi) is 5.19. The fraction of sp³-hybridized carbons (Fsp3) is 0.417. The molecule has 0 radical (unpaired) electrons. The van der Waals surface area contributed by atoms with E-state index in [4.69, 9.17) is 11.6 Å². The molecule has 0 aromatic heterocycles. The van der Waals surface area contributed by atoms with Gasteiger partial charge in [0.1, 0.15) is 0 Å². The number of hydrogen-bond donors (Lipinski definition) is 0. The van der Waals surface area contributed by atoms with Crippen molar-refractivity contribution in [1.82, 2.24) is 0 Å². The topological polar surface area (TPSA) is 20.3 Å². The standard InChI is InChI=1S/C12H16ClNO/c1-2-14(10-6-9-12(13)15)11-7-4-3-5-8-11/h3-5,7-8H,2,6,9-10H2,1H3. The van der Waals surface area contributed by atoms with E-state index in [-0.39, 0.29) is 5.24 Å². The number of nitrogens with zero attached hydrogens (tertiary/aromatic N) is 1. The zero-order valence-electron chi connectivity index (χ0n) is 8.95. The van der Waals surface area contributed by atoms with E-state index in [1.807, 2.05) is 18.2 Å². The molecule has 1 rings (SSSR count). The molecular weight excluding hydrogens is 210 g/mol. The van der Waals surface area contributed by atoms with Crippen LogP contribution in [0.1, 0.15) is 19.8 Å². The molecule has 0 spiro atoms. The van der Waals surface area contributed by atoms with Crippen LogP contribution in [0.25, 0.3) is 0 Å². The van der Waals surface area contributed by atoms with E-state index in [9.17, 15) is 4.79 Å². The SMILES string of the molecule is CCN(CCCC(=O)Cl)c1ccccc1. The van der Waals surface area contributed by atoms with Gasteiger partial charge in [0.2, 0.25) is 5.24 Å². The van der Waals surface area contributed by atoms with Gasteiger partial charge in [0.25, 0.3) is 0 Å². The van der Waals surface area contributed by atoms with E-state index in [2.05, 4.69) is 24.0 Å². The van der Waals surface area contributed by atoms with Crippen LogP contribution in [0.15, 0.2) is 30.3 Å². The van der Waals surface area contributed by atoms with Crippen LogP contribution >= 0.6 is 11.6 Å². The lowest BCUT2D eigenvalue weighted by molar-refractivity contribution is -0.111. The molecule has 0 heterocycles. The van der Waals surface area contributed by atoms with E-state index in [1.165, 1.54) is 5.69 Å². The number of rotatable bonds is 6. The normalized spacial score (nSPS) is 10.0. The van der Waals surface area contributed by atoms with Crippen molar-refractivity contribution >= 4 is 22.5 Å². The van der Waals surface area contributed by atoms with Gasteiger partial charge in [0, 0.05) is 25.2 Å². The number of carbonyl (C=O) groups is 1. The Morgan fingerprint density at radius 1 is 1.33 bits per heavy atom. The van der Waals surface area contributed by atoms with Crippen molar-refractivity contribution in [2.45, 2.75) is 19.8 Å². The summed E-state index contributed by atoms with van der Waals surface area (Å²) in [5, 5.41) is -0.251. The van der Waals surface area contributed by atoms with E-state index >= 15 is 0 Å². The summed E-state index contributed by atoms with van der Waals surface area (Å²) in [6.07, 6.45) is 1.26. The highest BCUT2D eigenvalue weighted by Gasteiger charge is 2.04. The van der Waals surface area contributed by atoms with Gasteiger partial charge in [-0.1, -0.05) is 18.2 Å². The minimum Gasteiger partial charge on any atom is -0.372 e. The average Bonchev–Trinajstić information content (AvgIpc) is 2.25. The smallest absolute Gasteiger partial charge is 0.221 e. The third-order valence-corrected chi connectivity index (χ3v) is 2.49. The molecule has 0 saturated heterocycles. The summed E-state index contributed by atoms with van der Waals surface area (Å²) in [7, 11) is 0. The van der Waals surface area contributed by atoms with Crippen LogP contribution in [0.5, 0.6) is 0 Å². The Morgan fingerprint density at radius 2 is 2.00 bits per heavy atom. The first-order chi connectivity index (χ1) is 7.24. The van der Waals surface area contributed by atoms with Crippen molar-refractivity contribution in [2.24, 2.45) is 0 Å². The number of anilines is 1. The first-order valence-electron chi connectivity index (χ1n) is 5.22. The van der Waals surface area contributed by atoms with Crippen molar-refractivity contribution in [3.05, 3.63) is 30.3 Å². The molecule has 0 atom stereocenters. The quantitative estimate of drug-likeness (QED) is 0.694. The number of halogens is 1. The number of benzene rings is 1. The van der Waals surface area contributed by atoms with E-state index in [0.29, 0.717) is 6.42 Å². The average molecular weight is 226 g/mol. The van der Waals surface area contributed by atoms with Crippen molar-refractivity contribution in [2.75, 3.05) is 18.0 Å². The Morgan fingerprint density at radius 3 is 2.53 bits per heavy atom. The van der Waals surface area contributed by atoms with Gasteiger partial charge in [-0.3, -0.25) is 4.79 Å². The van der Waals surface area contributed by atoms with Crippen LogP contribution in [0.2, 0.25) is 0 Å². The fourth-order valence-electron chi connectivity index (χ4n) is 1.52. The molecule has 0 fully saturated rings. The maximum atomic E-state index is 10.6. The summed E-state index contributed by atoms with van der Waals surface area (Å²) in [6, 6.07) is 10.2. The molecule has 0 aliphatic rings. The van der Waals surface area contributed by atoms with Crippen LogP contribution in [0.4, 0.5) is 5.69 Å². The predicted molar refractivity (Wildman–Crippen MR) is 64.4 cm³/mol. The molecule has 3 heteroatoms. The highest BCUT2D eigenvalue weighted by molar-refractivity contribution is 6.63. The summed E-state index contributed by atoms with van der Waals surface area (Å²) < 4.78 is 0. The van der Waals surface area contributed by atoms with Crippen molar-refractivity contribution in [3.8, 4) is 0 Å². The van der Waals surface area contributed by atoms with Gasteiger partial charge in [-0.15, -0.1) is 0 Å². The molecule has 1 aromatic carbocycles. The summed E-state index contributed by atoms with van der Waals surface area (Å²) >= 11 is 5.29. The second-order valence-corrected chi connectivity index (χ2v) is 3.80. The zero-order chi connectivity index (χ0) is 11.1. The van der Waals surface area contributed by atoms with Crippen molar-refractivity contribution in [1.29, 1.82) is 0 Å². The molecule has 2 nitrogen and oxygen atoms in total. The Hall–Kier alpha value is -1.02. The molecule has 0 amide bonds. The van der Waals surface area contributed by atoms with Gasteiger partial charge in [-0.05, 0) is 37.1 Å². The number of carbonyl (C=O) groups excluding carboxylic acids is 1. The summed E-state index contributed by atoms with van der Waals surface area (Å²) in [4.78, 5) is 12.8. The van der Waals surface area contributed by atoms with Crippen molar-refractivity contribution < 1.29 is 4.79 Å². The summed E-state index contributed by atoms with van der Waals surface area (Å²) in [5.74, 6) is 0. The molecule has 0 saturated carbocycles. The van der Waals surface area contributed by atoms with Crippen LogP contribution < -0.4 is 4.90 Å². The van der Waals surface area contributed by atoms with Gasteiger partial charge in [0.15, 0.2) is 0 Å². The molecule has 0 bridgehead atoms. The highest BCUT2D eigenvalue weighted by Crippen LogP contribution is 2.13. The Balaban J connectivity index is 2.46. The van der Waals surface area contributed by atoms with Crippen LogP contribution in [-0.2, 0) is 4.79 Å².